The van der Waals surface area contributed by atoms with Crippen LogP contribution in [0.25, 0.3) is 5.69 Å². The van der Waals surface area contributed by atoms with Crippen LogP contribution in [0.4, 0.5) is 5.82 Å². The molecule has 4 heteroatoms. The maximum Gasteiger partial charge on any atom is 0.133 e. The zero-order chi connectivity index (χ0) is 14.4. The van der Waals surface area contributed by atoms with E-state index in [1.807, 2.05) is 0 Å². The van der Waals surface area contributed by atoms with Crippen molar-refractivity contribution in [2.45, 2.75) is 39.2 Å². The van der Waals surface area contributed by atoms with Crippen LogP contribution in [0.15, 0.2) is 18.2 Å². The van der Waals surface area contributed by atoms with Crippen molar-refractivity contribution in [2.24, 2.45) is 0 Å². The number of aryl methyl sites for hydroxylation is 2. The number of nitrogens with one attached hydrogen (secondary N) is 1. The van der Waals surface area contributed by atoms with Crippen molar-refractivity contribution in [3.8, 4) is 5.69 Å². The number of hydrogen-bond acceptors (Lipinski definition) is 3. The molecule has 0 bridgehead atoms. The Balaban J connectivity index is 1.86. The van der Waals surface area contributed by atoms with Crippen LogP contribution in [-0.2, 0) is 11.2 Å². The van der Waals surface area contributed by atoms with E-state index in [0.717, 1.165) is 43.9 Å². The first-order valence-corrected chi connectivity index (χ1v) is 7.79. The van der Waals surface area contributed by atoms with Crippen molar-refractivity contribution in [2.75, 3.05) is 18.5 Å². The first-order valence-electron chi connectivity index (χ1n) is 7.79. The number of benzene rings is 1. The second-order valence-electron chi connectivity index (χ2n) is 6.09. The second-order valence-corrected chi connectivity index (χ2v) is 6.09. The normalized spacial score (nSPS) is 20.6. The van der Waals surface area contributed by atoms with Crippen LogP contribution in [-0.4, -0.2) is 22.9 Å². The third kappa shape index (κ3) is 2.05. The quantitative estimate of drug-likeness (QED) is 0.919. The van der Waals surface area contributed by atoms with Gasteiger partial charge >= 0.3 is 0 Å². The number of aromatic nitrogens is 2. The molecule has 21 heavy (non-hydrogen) atoms. The van der Waals surface area contributed by atoms with Crippen LogP contribution < -0.4 is 5.32 Å². The highest BCUT2D eigenvalue weighted by Gasteiger charge is 2.30. The van der Waals surface area contributed by atoms with E-state index in [-0.39, 0.29) is 6.10 Å². The molecular formula is C17H21N3O. The highest BCUT2D eigenvalue weighted by atomic mass is 16.5. The van der Waals surface area contributed by atoms with Gasteiger partial charge in [0.15, 0.2) is 0 Å². The Labute approximate surface area is 125 Å². The molecule has 0 radical (unpaired) electrons. The average Bonchev–Trinajstić information content (AvgIpc) is 3.16. The van der Waals surface area contributed by atoms with E-state index in [2.05, 4.69) is 42.0 Å². The van der Waals surface area contributed by atoms with Crippen LogP contribution in [0, 0.1) is 13.8 Å². The minimum Gasteiger partial charge on any atom is -0.372 e. The summed E-state index contributed by atoms with van der Waals surface area (Å²) in [6.45, 7) is 6.13. The summed E-state index contributed by atoms with van der Waals surface area (Å²) in [6, 6.07) is 6.53. The Bertz CT molecular complexity index is 684. The largest absolute Gasteiger partial charge is 0.372 e. The molecule has 1 aromatic carbocycles. The Morgan fingerprint density at radius 2 is 2.24 bits per heavy atom. The van der Waals surface area contributed by atoms with E-state index in [0.29, 0.717) is 0 Å². The van der Waals surface area contributed by atoms with Crippen molar-refractivity contribution in [1.82, 2.24) is 9.78 Å². The van der Waals surface area contributed by atoms with Crippen molar-refractivity contribution in [3.05, 3.63) is 40.6 Å². The Morgan fingerprint density at radius 3 is 3.05 bits per heavy atom. The predicted molar refractivity (Wildman–Crippen MR) is 83.2 cm³/mol. The lowest BCUT2D eigenvalue weighted by Gasteiger charge is -2.11. The summed E-state index contributed by atoms with van der Waals surface area (Å²) in [5, 5.41) is 8.42. The van der Waals surface area contributed by atoms with Gasteiger partial charge in [-0.05, 0) is 50.3 Å². The Morgan fingerprint density at radius 1 is 1.33 bits per heavy atom. The lowest BCUT2D eigenvalue weighted by molar-refractivity contribution is 0.107. The van der Waals surface area contributed by atoms with Crippen molar-refractivity contribution in [3.63, 3.8) is 0 Å². The van der Waals surface area contributed by atoms with E-state index in [4.69, 9.17) is 9.84 Å². The smallest absolute Gasteiger partial charge is 0.133 e. The fourth-order valence-corrected chi connectivity index (χ4v) is 3.38. The van der Waals surface area contributed by atoms with Gasteiger partial charge in [0.05, 0.1) is 11.4 Å². The first kappa shape index (κ1) is 12.9. The molecule has 2 aromatic rings. The fraction of sp³-hybridized carbons (Fsp3) is 0.471. The van der Waals surface area contributed by atoms with Gasteiger partial charge in [0.1, 0.15) is 11.9 Å². The molecular weight excluding hydrogens is 262 g/mol. The summed E-state index contributed by atoms with van der Waals surface area (Å²) in [5.74, 6) is 1.16. The number of ether oxygens (including phenoxy) is 1. The van der Waals surface area contributed by atoms with Gasteiger partial charge in [-0.2, -0.15) is 5.10 Å². The maximum absolute atomic E-state index is 5.86. The molecule has 2 aliphatic heterocycles. The standard InChI is InChI=1S/C17H21N3O/c1-11-5-6-12(2)14(10-11)20-17-13(7-8-18-17)16(19-20)15-4-3-9-21-15/h5-6,10,15,18H,3-4,7-9H2,1-2H3. The third-order valence-corrected chi connectivity index (χ3v) is 4.51. The van der Waals surface area contributed by atoms with Crippen molar-refractivity contribution < 1.29 is 4.74 Å². The van der Waals surface area contributed by atoms with Gasteiger partial charge < -0.3 is 10.1 Å². The van der Waals surface area contributed by atoms with Crippen LogP contribution >= 0.6 is 0 Å². The van der Waals surface area contributed by atoms with Gasteiger partial charge in [0, 0.05) is 18.7 Å². The van der Waals surface area contributed by atoms with E-state index < -0.39 is 0 Å². The van der Waals surface area contributed by atoms with Crippen LogP contribution in [0.2, 0.25) is 0 Å². The zero-order valence-electron chi connectivity index (χ0n) is 12.6. The van der Waals surface area contributed by atoms with E-state index in [1.54, 1.807) is 0 Å². The molecule has 4 rings (SSSR count). The summed E-state index contributed by atoms with van der Waals surface area (Å²) in [4.78, 5) is 0. The van der Waals surface area contributed by atoms with Gasteiger partial charge in [-0.3, -0.25) is 0 Å². The highest BCUT2D eigenvalue weighted by Crippen LogP contribution is 2.37. The average molecular weight is 283 g/mol. The molecule has 1 aromatic heterocycles. The fourth-order valence-electron chi connectivity index (χ4n) is 3.38. The minimum atomic E-state index is 0.185. The van der Waals surface area contributed by atoms with Gasteiger partial charge in [-0.1, -0.05) is 12.1 Å². The minimum absolute atomic E-state index is 0.185. The molecule has 0 saturated carbocycles. The lowest BCUT2D eigenvalue weighted by Crippen LogP contribution is -2.08. The summed E-state index contributed by atoms with van der Waals surface area (Å²) < 4.78 is 7.95. The lowest BCUT2D eigenvalue weighted by atomic mass is 10.1. The Hall–Kier alpha value is -1.81. The highest BCUT2D eigenvalue weighted by molar-refractivity contribution is 5.59. The molecule has 1 fully saturated rings. The van der Waals surface area contributed by atoms with Crippen molar-refractivity contribution >= 4 is 5.82 Å². The second kappa shape index (κ2) is 4.88. The molecule has 0 spiro atoms. The van der Waals surface area contributed by atoms with E-state index in [9.17, 15) is 0 Å². The molecule has 1 saturated heterocycles. The number of hydrogen-bond donors (Lipinski definition) is 1. The van der Waals surface area contributed by atoms with E-state index in [1.165, 1.54) is 22.4 Å². The number of fused-ring (bicyclic) bond motifs is 1. The first-order chi connectivity index (χ1) is 10.2. The molecule has 1 N–H and O–H groups in total. The SMILES string of the molecule is Cc1ccc(C)c(-n2nc(C3CCCO3)c3c2NCC3)c1. The number of anilines is 1. The molecule has 3 heterocycles. The molecule has 110 valence electrons. The van der Waals surface area contributed by atoms with Crippen molar-refractivity contribution in [1.29, 1.82) is 0 Å². The van der Waals surface area contributed by atoms with Gasteiger partial charge in [-0.25, -0.2) is 4.68 Å². The predicted octanol–water partition coefficient (Wildman–Crippen LogP) is 3.31. The molecule has 0 amide bonds. The molecule has 1 unspecified atom stereocenters. The van der Waals surface area contributed by atoms with Gasteiger partial charge in [0.25, 0.3) is 0 Å². The van der Waals surface area contributed by atoms with Crippen LogP contribution in [0.3, 0.4) is 0 Å². The molecule has 0 aliphatic carbocycles. The van der Waals surface area contributed by atoms with Gasteiger partial charge in [0.2, 0.25) is 0 Å². The van der Waals surface area contributed by atoms with E-state index >= 15 is 0 Å². The summed E-state index contributed by atoms with van der Waals surface area (Å²) in [7, 11) is 0. The number of nitrogens with zero attached hydrogens (tertiary/aromatic N) is 2. The topological polar surface area (TPSA) is 39.1 Å². The van der Waals surface area contributed by atoms with Gasteiger partial charge in [-0.15, -0.1) is 0 Å². The molecule has 1 atom stereocenters. The van der Waals surface area contributed by atoms with Crippen LogP contribution in [0.1, 0.15) is 41.3 Å². The van der Waals surface area contributed by atoms with Crippen LogP contribution in [0.5, 0.6) is 0 Å². The Kier molecular flexibility index (Phi) is 3.00. The monoisotopic (exact) mass is 283 g/mol. The maximum atomic E-state index is 5.86. The third-order valence-electron chi connectivity index (χ3n) is 4.51. The zero-order valence-corrected chi connectivity index (χ0v) is 12.6. The summed E-state index contributed by atoms with van der Waals surface area (Å²) in [6.07, 6.45) is 3.47. The molecule has 4 nitrogen and oxygen atoms in total. The molecule has 2 aliphatic rings. The summed E-state index contributed by atoms with van der Waals surface area (Å²) in [5.41, 5.74) is 6.18. The number of rotatable bonds is 2. The summed E-state index contributed by atoms with van der Waals surface area (Å²) >= 11 is 0.